The lowest BCUT2D eigenvalue weighted by Crippen LogP contribution is -2.44. The highest BCUT2D eigenvalue weighted by atomic mass is 16.5. The van der Waals surface area contributed by atoms with Crippen LogP contribution in [-0.2, 0) is 0 Å². The number of likely N-dealkylation sites (tertiary alicyclic amines) is 1. The molecular formula is C18H28N2O3. The molecule has 1 atom stereocenters. The van der Waals surface area contributed by atoms with Gasteiger partial charge in [-0.25, -0.2) is 0 Å². The number of ether oxygens (including phenoxy) is 2. The van der Waals surface area contributed by atoms with Crippen LogP contribution in [0.3, 0.4) is 0 Å². The first-order valence-corrected chi connectivity index (χ1v) is 8.61. The monoisotopic (exact) mass is 320 g/mol. The van der Waals surface area contributed by atoms with E-state index in [1.54, 1.807) is 6.07 Å². The highest BCUT2D eigenvalue weighted by Gasteiger charge is 2.27. The van der Waals surface area contributed by atoms with Crippen molar-refractivity contribution >= 4 is 5.91 Å². The van der Waals surface area contributed by atoms with Crippen molar-refractivity contribution < 1.29 is 14.3 Å². The molecule has 0 saturated carbocycles. The van der Waals surface area contributed by atoms with Gasteiger partial charge in [0, 0.05) is 18.2 Å². The summed E-state index contributed by atoms with van der Waals surface area (Å²) in [6.45, 7) is 6.38. The Morgan fingerprint density at radius 3 is 2.65 bits per heavy atom. The van der Waals surface area contributed by atoms with Crippen LogP contribution in [0.2, 0.25) is 0 Å². The largest absolute Gasteiger partial charge is 0.490 e. The SMILES string of the molecule is CCOc1ccc(C(=O)N2CCCCC2CCN)cc1OCC. The van der Waals surface area contributed by atoms with Gasteiger partial charge in [-0.3, -0.25) is 4.79 Å². The lowest BCUT2D eigenvalue weighted by Gasteiger charge is -2.35. The third kappa shape index (κ3) is 4.38. The lowest BCUT2D eigenvalue weighted by molar-refractivity contribution is 0.0604. The van der Waals surface area contributed by atoms with Crippen LogP contribution in [0, 0.1) is 0 Å². The number of benzene rings is 1. The van der Waals surface area contributed by atoms with E-state index in [2.05, 4.69) is 0 Å². The Labute approximate surface area is 138 Å². The first-order valence-electron chi connectivity index (χ1n) is 8.61. The topological polar surface area (TPSA) is 64.8 Å². The predicted octanol–water partition coefficient (Wildman–Crippen LogP) is 2.83. The Kier molecular flexibility index (Phi) is 6.71. The van der Waals surface area contributed by atoms with Gasteiger partial charge in [0.2, 0.25) is 0 Å². The van der Waals surface area contributed by atoms with Crippen molar-refractivity contribution in [3.8, 4) is 11.5 Å². The third-order valence-electron chi connectivity index (χ3n) is 4.18. The standard InChI is InChI=1S/C18H28N2O3/c1-3-22-16-9-8-14(13-17(16)23-4-2)18(21)20-12-6-5-7-15(20)10-11-19/h8-9,13,15H,3-7,10-12,19H2,1-2H3. The minimum absolute atomic E-state index is 0.0622. The Bertz CT molecular complexity index is 517. The van der Waals surface area contributed by atoms with Gasteiger partial charge < -0.3 is 20.1 Å². The molecule has 5 nitrogen and oxygen atoms in total. The average Bonchev–Trinajstić information content (AvgIpc) is 2.57. The van der Waals surface area contributed by atoms with Crippen LogP contribution in [0.5, 0.6) is 11.5 Å². The van der Waals surface area contributed by atoms with Crippen LogP contribution in [0.15, 0.2) is 18.2 Å². The number of nitrogens with zero attached hydrogens (tertiary/aromatic N) is 1. The first-order chi connectivity index (χ1) is 11.2. The molecule has 2 N–H and O–H groups in total. The van der Waals surface area contributed by atoms with E-state index in [-0.39, 0.29) is 11.9 Å². The van der Waals surface area contributed by atoms with Gasteiger partial charge in [0.1, 0.15) is 0 Å². The summed E-state index contributed by atoms with van der Waals surface area (Å²) in [5.41, 5.74) is 6.36. The predicted molar refractivity (Wildman–Crippen MR) is 91.1 cm³/mol. The summed E-state index contributed by atoms with van der Waals surface area (Å²) in [6.07, 6.45) is 4.13. The van der Waals surface area contributed by atoms with E-state index in [1.807, 2.05) is 30.9 Å². The molecule has 1 saturated heterocycles. The maximum absolute atomic E-state index is 12.9. The fraction of sp³-hybridized carbons (Fsp3) is 0.611. The number of nitrogens with two attached hydrogens (primary N) is 1. The second-order valence-corrected chi connectivity index (χ2v) is 5.75. The summed E-state index contributed by atoms with van der Waals surface area (Å²) in [5.74, 6) is 1.38. The van der Waals surface area contributed by atoms with Gasteiger partial charge >= 0.3 is 0 Å². The van der Waals surface area contributed by atoms with Crippen molar-refractivity contribution in [2.24, 2.45) is 5.73 Å². The van der Waals surface area contributed by atoms with Gasteiger partial charge in [-0.2, -0.15) is 0 Å². The summed E-state index contributed by atoms with van der Waals surface area (Å²) in [6, 6.07) is 5.70. The van der Waals surface area contributed by atoms with Gasteiger partial charge in [-0.05, 0) is 64.3 Å². The number of hydrogen-bond acceptors (Lipinski definition) is 4. The molecule has 1 amide bonds. The Balaban J connectivity index is 2.21. The minimum atomic E-state index is 0.0622. The lowest BCUT2D eigenvalue weighted by atomic mass is 9.98. The van der Waals surface area contributed by atoms with Gasteiger partial charge in [0.25, 0.3) is 5.91 Å². The van der Waals surface area contributed by atoms with Crippen LogP contribution >= 0.6 is 0 Å². The van der Waals surface area contributed by atoms with Crippen molar-refractivity contribution in [3.05, 3.63) is 23.8 Å². The van der Waals surface area contributed by atoms with Crippen LogP contribution in [0.25, 0.3) is 0 Å². The van der Waals surface area contributed by atoms with Crippen molar-refractivity contribution in [3.63, 3.8) is 0 Å². The van der Waals surface area contributed by atoms with E-state index in [0.29, 0.717) is 36.8 Å². The summed E-state index contributed by atoms with van der Waals surface area (Å²) in [7, 11) is 0. The molecule has 0 aliphatic carbocycles. The fourth-order valence-electron chi connectivity index (χ4n) is 3.11. The van der Waals surface area contributed by atoms with Crippen LogP contribution < -0.4 is 15.2 Å². The molecule has 0 aromatic heterocycles. The molecular weight excluding hydrogens is 292 g/mol. The molecule has 128 valence electrons. The van der Waals surface area contributed by atoms with Crippen LogP contribution in [0.1, 0.15) is 49.9 Å². The number of rotatable bonds is 7. The van der Waals surface area contributed by atoms with Crippen LogP contribution in [0.4, 0.5) is 0 Å². The highest BCUT2D eigenvalue weighted by Crippen LogP contribution is 2.30. The van der Waals surface area contributed by atoms with Gasteiger partial charge in [-0.15, -0.1) is 0 Å². The van der Waals surface area contributed by atoms with E-state index >= 15 is 0 Å². The molecule has 23 heavy (non-hydrogen) atoms. The van der Waals surface area contributed by atoms with Crippen molar-refractivity contribution in [2.45, 2.75) is 45.6 Å². The molecule has 1 aromatic carbocycles. The maximum Gasteiger partial charge on any atom is 0.254 e. The Hall–Kier alpha value is -1.75. The summed E-state index contributed by atoms with van der Waals surface area (Å²) < 4.78 is 11.2. The first kappa shape index (κ1) is 17.6. The van der Waals surface area contributed by atoms with Gasteiger partial charge in [-0.1, -0.05) is 0 Å². The van der Waals surface area contributed by atoms with Crippen molar-refractivity contribution in [1.82, 2.24) is 4.90 Å². The smallest absolute Gasteiger partial charge is 0.254 e. The molecule has 1 aromatic rings. The van der Waals surface area contributed by atoms with E-state index in [9.17, 15) is 4.79 Å². The van der Waals surface area contributed by atoms with E-state index in [1.165, 1.54) is 6.42 Å². The van der Waals surface area contributed by atoms with Crippen LogP contribution in [-0.4, -0.2) is 43.2 Å². The molecule has 1 aliphatic heterocycles. The van der Waals surface area contributed by atoms with E-state index in [4.69, 9.17) is 15.2 Å². The normalized spacial score (nSPS) is 17.9. The fourth-order valence-corrected chi connectivity index (χ4v) is 3.11. The molecule has 5 heteroatoms. The molecule has 1 heterocycles. The average molecular weight is 320 g/mol. The zero-order valence-electron chi connectivity index (χ0n) is 14.2. The number of piperidine rings is 1. The van der Waals surface area contributed by atoms with Crippen molar-refractivity contribution in [2.75, 3.05) is 26.3 Å². The number of hydrogen-bond donors (Lipinski definition) is 1. The molecule has 0 radical (unpaired) electrons. The number of carbonyl (C=O) groups excluding carboxylic acids is 1. The van der Waals surface area contributed by atoms with Crippen molar-refractivity contribution in [1.29, 1.82) is 0 Å². The number of carbonyl (C=O) groups is 1. The van der Waals surface area contributed by atoms with Gasteiger partial charge in [0.05, 0.1) is 13.2 Å². The van der Waals surface area contributed by atoms with E-state index < -0.39 is 0 Å². The molecule has 1 aliphatic rings. The van der Waals surface area contributed by atoms with Gasteiger partial charge in [0.15, 0.2) is 11.5 Å². The Morgan fingerprint density at radius 1 is 1.22 bits per heavy atom. The molecule has 1 fully saturated rings. The highest BCUT2D eigenvalue weighted by molar-refractivity contribution is 5.95. The quantitative estimate of drug-likeness (QED) is 0.839. The zero-order valence-corrected chi connectivity index (χ0v) is 14.2. The summed E-state index contributed by atoms with van der Waals surface area (Å²) in [5, 5.41) is 0. The second-order valence-electron chi connectivity index (χ2n) is 5.75. The molecule has 0 bridgehead atoms. The zero-order chi connectivity index (χ0) is 16.7. The Morgan fingerprint density at radius 2 is 1.96 bits per heavy atom. The van der Waals surface area contributed by atoms with E-state index in [0.717, 1.165) is 25.8 Å². The molecule has 1 unspecified atom stereocenters. The molecule has 2 rings (SSSR count). The summed E-state index contributed by atoms with van der Waals surface area (Å²) >= 11 is 0. The summed E-state index contributed by atoms with van der Waals surface area (Å²) in [4.78, 5) is 14.9. The minimum Gasteiger partial charge on any atom is -0.490 e. The molecule has 0 spiro atoms. The number of amides is 1. The second kappa shape index (κ2) is 8.77. The maximum atomic E-state index is 12.9. The third-order valence-corrected chi connectivity index (χ3v) is 4.18.